The predicted molar refractivity (Wildman–Crippen MR) is 114 cm³/mol. The molecule has 0 aromatic carbocycles. The van der Waals surface area contributed by atoms with E-state index in [4.69, 9.17) is 15.2 Å². The smallest absolute Gasteiger partial charge is 0.343 e. The average molecular weight is 447 g/mol. The molecule has 0 unspecified atom stereocenters. The number of nitrogen functional groups attached to an aromatic ring is 1. The second-order valence-corrected chi connectivity index (χ2v) is 7.58. The van der Waals surface area contributed by atoms with E-state index >= 15 is 0 Å². The lowest BCUT2D eigenvalue weighted by molar-refractivity contribution is -0.189. The molecule has 11 nitrogen and oxygen atoms in total. The van der Waals surface area contributed by atoms with Gasteiger partial charge in [0.2, 0.25) is 11.4 Å². The summed E-state index contributed by atoms with van der Waals surface area (Å²) in [7, 11) is 0. The molecule has 3 heterocycles. The third kappa shape index (κ3) is 4.40. The number of nitrogens with zero attached hydrogens (tertiary/aromatic N) is 4. The van der Waals surface area contributed by atoms with E-state index in [0.29, 0.717) is 6.42 Å². The van der Waals surface area contributed by atoms with Gasteiger partial charge in [0.1, 0.15) is 17.7 Å². The summed E-state index contributed by atoms with van der Waals surface area (Å²) in [5, 5.41) is 30.9. The average Bonchev–Trinajstić information content (AvgIpc) is 3.31. The molecule has 2 aromatic heterocycles. The van der Waals surface area contributed by atoms with Gasteiger partial charge >= 0.3 is 5.97 Å². The van der Waals surface area contributed by atoms with Gasteiger partial charge in [-0.1, -0.05) is 32.1 Å². The molecule has 3 rings (SSSR count). The minimum atomic E-state index is -2.14. The molecular formula is C21H29N5O6. The summed E-state index contributed by atoms with van der Waals surface area (Å²) in [6.07, 6.45) is 1.80. The van der Waals surface area contributed by atoms with Crippen LogP contribution in [0.25, 0.3) is 11.2 Å². The van der Waals surface area contributed by atoms with Crippen molar-refractivity contribution < 1.29 is 29.6 Å². The van der Waals surface area contributed by atoms with Gasteiger partial charge < -0.3 is 30.5 Å². The fourth-order valence-electron chi connectivity index (χ4n) is 3.59. The number of aliphatic hydroxyl groups is 3. The largest absolute Gasteiger partial charge is 0.464 e. The van der Waals surface area contributed by atoms with Gasteiger partial charge in [-0.25, -0.2) is 19.7 Å². The number of aromatic nitrogens is 4. The first kappa shape index (κ1) is 23.9. The molecule has 0 aliphatic carbocycles. The number of esters is 1. The van der Waals surface area contributed by atoms with Crippen molar-refractivity contribution in [2.75, 3.05) is 18.9 Å². The van der Waals surface area contributed by atoms with Crippen molar-refractivity contribution in [3.05, 3.63) is 12.2 Å². The van der Waals surface area contributed by atoms with E-state index in [-0.39, 0.29) is 29.4 Å². The number of hydrogen-bond donors (Lipinski definition) is 4. The van der Waals surface area contributed by atoms with E-state index < -0.39 is 36.6 Å². The lowest BCUT2D eigenvalue weighted by atomic mass is 9.96. The number of carbonyl (C=O) groups excluding carboxylic acids is 1. The zero-order valence-electron chi connectivity index (χ0n) is 18.2. The maximum Gasteiger partial charge on any atom is 0.343 e. The third-order valence-electron chi connectivity index (χ3n) is 5.36. The number of aliphatic hydroxyl groups excluding tert-OH is 3. The van der Waals surface area contributed by atoms with Gasteiger partial charge in [0.15, 0.2) is 17.7 Å². The molecule has 32 heavy (non-hydrogen) atoms. The molecule has 1 aliphatic rings. The summed E-state index contributed by atoms with van der Waals surface area (Å²) < 4.78 is 11.9. The van der Waals surface area contributed by atoms with E-state index in [9.17, 15) is 20.1 Å². The highest BCUT2D eigenvalue weighted by Crippen LogP contribution is 2.39. The fraction of sp³-hybridized carbons (Fsp3) is 0.619. The van der Waals surface area contributed by atoms with E-state index in [2.05, 4.69) is 33.7 Å². The number of carbonyl (C=O) groups is 1. The van der Waals surface area contributed by atoms with E-state index in [0.717, 1.165) is 25.7 Å². The molecule has 4 atom stereocenters. The second kappa shape index (κ2) is 10.2. The van der Waals surface area contributed by atoms with Gasteiger partial charge in [-0.2, -0.15) is 0 Å². The van der Waals surface area contributed by atoms with Crippen molar-refractivity contribution in [3.8, 4) is 11.8 Å². The van der Waals surface area contributed by atoms with Gasteiger partial charge in [0, 0.05) is 6.42 Å². The SMILES string of the molecule is CCCCCCC#Cc1nc(N)c2ncn([C@@H]3O[C@@](CO)(C(=O)OCC)[C@@H](O)[C@H]3O)c2n1. The third-order valence-corrected chi connectivity index (χ3v) is 5.36. The van der Waals surface area contributed by atoms with Crippen LogP contribution in [0.2, 0.25) is 0 Å². The molecule has 1 aliphatic heterocycles. The van der Waals surface area contributed by atoms with Gasteiger partial charge in [-0.15, -0.1) is 0 Å². The molecule has 174 valence electrons. The Kier molecular flexibility index (Phi) is 7.63. The first-order valence-electron chi connectivity index (χ1n) is 10.7. The number of unbranched alkanes of at least 4 members (excludes halogenated alkanes) is 4. The van der Waals surface area contributed by atoms with Crippen LogP contribution in [-0.2, 0) is 14.3 Å². The van der Waals surface area contributed by atoms with Gasteiger partial charge in [0.05, 0.1) is 19.5 Å². The maximum atomic E-state index is 12.4. The zero-order chi connectivity index (χ0) is 23.3. The summed E-state index contributed by atoms with van der Waals surface area (Å²) in [5.41, 5.74) is 4.33. The zero-order valence-corrected chi connectivity index (χ0v) is 18.2. The molecule has 2 aromatic rings. The normalized spacial score (nSPS) is 25.0. The summed E-state index contributed by atoms with van der Waals surface area (Å²) in [5.74, 6) is 5.20. The molecule has 1 fully saturated rings. The Bertz CT molecular complexity index is 1020. The number of hydrogen-bond acceptors (Lipinski definition) is 10. The van der Waals surface area contributed by atoms with E-state index in [1.54, 1.807) is 6.92 Å². The number of ether oxygens (including phenoxy) is 2. The molecule has 11 heteroatoms. The number of anilines is 1. The van der Waals surface area contributed by atoms with Crippen molar-refractivity contribution in [1.29, 1.82) is 0 Å². The van der Waals surface area contributed by atoms with Crippen LogP contribution < -0.4 is 5.73 Å². The van der Waals surface area contributed by atoms with Gasteiger partial charge in [-0.3, -0.25) is 4.57 Å². The Balaban J connectivity index is 1.91. The predicted octanol–water partition coefficient (Wildman–Crippen LogP) is 0.275. The van der Waals surface area contributed by atoms with Crippen LogP contribution >= 0.6 is 0 Å². The fourth-order valence-corrected chi connectivity index (χ4v) is 3.59. The molecule has 0 radical (unpaired) electrons. The van der Waals surface area contributed by atoms with Crippen LogP contribution in [0.3, 0.4) is 0 Å². The summed E-state index contributed by atoms with van der Waals surface area (Å²) in [6, 6.07) is 0. The monoisotopic (exact) mass is 447 g/mol. The Morgan fingerprint density at radius 1 is 1.31 bits per heavy atom. The summed E-state index contributed by atoms with van der Waals surface area (Å²) in [6.45, 7) is 2.84. The molecule has 0 spiro atoms. The van der Waals surface area contributed by atoms with Crippen molar-refractivity contribution >= 4 is 23.0 Å². The van der Waals surface area contributed by atoms with Crippen LogP contribution in [-0.4, -0.2) is 71.8 Å². The number of rotatable bonds is 8. The van der Waals surface area contributed by atoms with Crippen molar-refractivity contribution in [2.24, 2.45) is 0 Å². The van der Waals surface area contributed by atoms with Crippen LogP contribution in [0, 0.1) is 11.8 Å². The Morgan fingerprint density at radius 2 is 2.09 bits per heavy atom. The quantitative estimate of drug-likeness (QED) is 0.251. The molecule has 5 N–H and O–H groups in total. The standard InChI is InChI=1S/C21H29N5O6/c1-3-5-6-7-8-9-10-13-24-17(22)14-18(25-13)26(12-23-14)19-15(28)16(29)21(11-27,32-19)20(30)31-4-2/h12,15-16,19,27-29H,3-8,11H2,1-2H3,(H2,22,24,25)/t15-,16+,19-,21-/m1/s1. The van der Waals surface area contributed by atoms with Crippen molar-refractivity contribution in [3.63, 3.8) is 0 Å². The van der Waals surface area contributed by atoms with Gasteiger partial charge in [0.25, 0.3) is 0 Å². The van der Waals surface area contributed by atoms with E-state index in [1.165, 1.54) is 10.9 Å². The minimum Gasteiger partial charge on any atom is -0.464 e. The Hall–Kier alpha value is -2.78. The number of fused-ring (bicyclic) bond motifs is 1. The molecule has 0 saturated carbocycles. The highest BCUT2D eigenvalue weighted by atomic mass is 16.6. The Morgan fingerprint density at radius 3 is 2.78 bits per heavy atom. The van der Waals surface area contributed by atoms with Crippen molar-refractivity contribution in [2.45, 2.75) is 70.0 Å². The van der Waals surface area contributed by atoms with Crippen LogP contribution in [0.5, 0.6) is 0 Å². The molecule has 0 amide bonds. The lowest BCUT2D eigenvalue weighted by Gasteiger charge is -2.27. The Labute approximate surface area is 185 Å². The molecular weight excluding hydrogens is 418 g/mol. The topological polar surface area (TPSA) is 166 Å². The number of imidazole rings is 1. The molecule has 0 bridgehead atoms. The first-order chi connectivity index (χ1) is 15.4. The van der Waals surface area contributed by atoms with Crippen LogP contribution in [0.1, 0.15) is 58.0 Å². The van der Waals surface area contributed by atoms with Crippen molar-refractivity contribution in [1.82, 2.24) is 19.5 Å². The summed E-state index contributed by atoms with van der Waals surface area (Å²) in [4.78, 5) is 25.1. The highest BCUT2D eigenvalue weighted by molar-refractivity contribution is 5.83. The van der Waals surface area contributed by atoms with Gasteiger partial charge in [-0.05, 0) is 19.3 Å². The minimum absolute atomic E-state index is 0.00959. The highest BCUT2D eigenvalue weighted by Gasteiger charge is 2.60. The molecule has 1 saturated heterocycles. The first-order valence-corrected chi connectivity index (χ1v) is 10.7. The van der Waals surface area contributed by atoms with Crippen LogP contribution in [0.15, 0.2) is 6.33 Å². The maximum absolute atomic E-state index is 12.4. The summed E-state index contributed by atoms with van der Waals surface area (Å²) >= 11 is 0. The van der Waals surface area contributed by atoms with Crippen LogP contribution in [0.4, 0.5) is 5.82 Å². The lowest BCUT2D eigenvalue weighted by Crippen LogP contribution is -2.53. The second-order valence-electron chi connectivity index (χ2n) is 7.58. The number of nitrogens with two attached hydrogens (primary N) is 1. The van der Waals surface area contributed by atoms with E-state index in [1.807, 2.05) is 0 Å².